The molecule has 0 unspecified atom stereocenters. The van der Waals surface area contributed by atoms with E-state index in [0.29, 0.717) is 6.54 Å². The van der Waals surface area contributed by atoms with Crippen LogP contribution in [-0.4, -0.2) is 25.3 Å². The normalized spacial score (nSPS) is 11.3. The number of fused-ring (bicyclic) bond motifs is 1. The summed E-state index contributed by atoms with van der Waals surface area (Å²) in [5.74, 6) is 1.04. The average molecular weight is 287 g/mol. The topological polar surface area (TPSA) is 61.7 Å². The number of hydrogen-bond donors (Lipinski definition) is 1. The Kier molecular flexibility index (Phi) is 3.40. The van der Waals surface area contributed by atoms with Crippen LogP contribution in [0.15, 0.2) is 35.5 Å². The molecule has 104 valence electrons. The zero-order valence-electron chi connectivity index (χ0n) is 11.6. The van der Waals surface area contributed by atoms with Crippen LogP contribution in [0.3, 0.4) is 0 Å². The molecule has 20 heavy (non-hydrogen) atoms. The molecule has 0 bridgehead atoms. The largest absolute Gasteiger partial charge is 0.399 e. The van der Waals surface area contributed by atoms with Crippen LogP contribution in [0, 0.1) is 0 Å². The van der Waals surface area contributed by atoms with Gasteiger partial charge in [-0.05, 0) is 24.0 Å². The third-order valence-corrected chi connectivity index (χ3v) is 4.09. The molecule has 0 atom stereocenters. The van der Waals surface area contributed by atoms with Crippen LogP contribution in [0.5, 0.6) is 0 Å². The fourth-order valence-corrected chi connectivity index (χ4v) is 3.20. The minimum Gasteiger partial charge on any atom is -0.399 e. The third kappa shape index (κ3) is 2.38. The molecule has 0 saturated heterocycles. The van der Waals surface area contributed by atoms with Crippen LogP contribution in [-0.2, 0) is 13.6 Å². The van der Waals surface area contributed by atoms with Crippen molar-refractivity contribution in [3.63, 3.8) is 0 Å². The third-order valence-electron chi connectivity index (χ3n) is 3.16. The van der Waals surface area contributed by atoms with Crippen molar-refractivity contribution in [2.24, 2.45) is 7.05 Å². The maximum absolute atomic E-state index is 6.02. The van der Waals surface area contributed by atoms with Gasteiger partial charge in [0.1, 0.15) is 5.69 Å². The molecule has 0 aliphatic heterocycles. The van der Waals surface area contributed by atoms with Crippen molar-refractivity contribution in [3.05, 3.63) is 36.3 Å². The second-order valence-corrected chi connectivity index (χ2v) is 6.02. The summed E-state index contributed by atoms with van der Waals surface area (Å²) in [5, 5.41) is 9.35. The predicted octanol–water partition coefficient (Wildman–Crippen LogP) is 2.51. The van der Waals surface area contributed by atoms with Gasteiger partial charge in [-0.25, -0.2) is 0 Å². The zero-order chi connectivity index (χ0) is 14.1. The van der Waals surface area contributed by atoms with Crippen LogP contribution in [0.1, 0.15) is 12.6 Å². The van der Waals surface area contributed by atoms with E-state index in [4.69, 9.17) is 5.73 Å². The van der Waals surface area contributed by atoms with E-state index < -0.39 is 0 Å². The Hall–Kier alpha value is -1.95. The molecular formula is C14H17N5S. The number of nitrogens with zero attached hydrogens (tertiary/aromatic N) is 4. The first-order valence-electron chi connectivity index (χ1n) is 6.53. The lowest BCUT2D eigenvalue weighted by Gasteiger charge is -2.07. The van der Waals surface area contributed by atoms with E-state index in [1.807, 2.05) is 37.1 Å². The van der Waals surface area contributed by atoms with E-state index in [2.05, 4.69) is 34.1 Å². The highest BCUT2D eigenvalue weighted by Gasteiger charge is 2.09. The molecule has 0 radical (unpaired) electrons. The van der Waals surface area contributed by atoms with E-state index in [1.165, 1.54) is 10.3 Å². The van der Waals surface area contributed by atoms with Crippen LogP contribution >= 0.6 is 11.8 Å². The lowest BCUT2D eigenvalue weighted by Crippen LogP contribution is -1.99. The second-order valence-electron chi connectivity index (χ2n) is 4.71. The van der Waals surface area contributed by atoms with Gasteiger partial charge in [0.2, 0.25) is 0 Å². The van der Waals surface area contributed by atoms with Crippen molar-refractivity contribution in [1.29, 1.82) is 0 Å². The number of anilines is 1. The van der Waals surface area contributed by atoms with Crippen molar-refractivity contribution in [3.8, 4) is 0 Å². The fourth-order valence-electron chi connectivity index (χ4n) is 2.34. The predicted molar refractivity (Wildman–Crippen MR) is 82.9 cm³/mol. The van der Waals surface area contributed by atoms with E-state index in [9.17, 15) is 0 Å². The first kappa shape index (κ1) is 13.1. The number of nitrogens with two attached hydrogens (primary N) is 1. The maximum atomic E-state index is 6.02. The molecule has 2 aromatic heterocycles. The van der Waals surface area contributed by atoms with E-state index in [-0.39, 0.29) is 0 Å². The van der Waals surface area contributed by atoms with Crippen LogP contribution in [0.2, 0.25) is 0 Å². The van der Waals surface area contributed by atoms with E-state index in [0.717, 1.165) is 22.7 Å². The van der Waals surface area contributed by atoms with Gasteiger partial charge in [-0.2, -0.15) is 0 Å². The van der Waals surface area contributed by atoms with Crippen molar-refractivity contribution in [2.75, 3.05) is 11.5 Å². The molecule has 3 rings (SSSR count). The molecule has 0 aliphatic rings. The van der Waals surface area contributed by atoms with Gasteiger partial charge in [-0.3, -0.25) is 4.68 Å². The molecule has 1 aromatic carbocycles. The molecule has 0 fully saturated rings. The molecular weight excluding hydrogens is 270 g/mol. The van der Waals surface area contributed by atoms with Crippen LogP contribution in [0.25, 0.3) is 10.9 Å². The molecule has 0 spiro atoms. The van der Waals surface area contributed by atoms with Gasteiger partial charge in [0.15, 0.2) is 0 Å². The maximum Gasteiger partial charge on any atom is 0.102 e. The molecule has 2 heterocycles. The van der Waals surface area contributed by atoms with Crippen LogP contribution in [0.4, 0.5) is 5.69 Å². The Morgan fingerprint density at radius 1 is 1.35 bits per heavy atom. The fraction of sp³-hybridized carbons (Fsp3) is 0.286. The molecule has 0 aliphatic carbocycles. The highest BCUT2D eigenvalue weighted by molar-refractivity contribution is 7.99. The number of thioether (sulfide) groups is 1. The summed E-state index contributed by atoms with van der Waals surface area (Å²) in [6.45, 7) is 2.85. The summed E-state index contributed by atoms with van der Waals surface area (Å²) in [7, 11) is 1.87. The zero-order valence-corrected chi connectivity index (χ0v) is 12.4. The number of rotatable bonds is 4. The van der Waals surface area contributed by atoms with Gasteiger partial charge in [-0.15, -0.1) is 16.9 Å². The minimum atomic E-state index is 0.705. The Bertz CT molecular complexity index is 743. The molecule has 5 nitrogen and oxygen atoms in total. The summed E-state index contributed by atoms with van der Waals surface area (Å²) >= 11 is 1.82. The number of aryl methyl sites for hydroxylation is 1. The highest BCUT2D eigenvalue weighted by Crippen LogP contribution is 2.31. The Labute approximate surface area is 121 Å². The van der Waals surface area contributed by atoms with Gasteiger partial charge in [0.05, 0.1) is 12.1 Å². The summed E-state index contributed by atoms with van der Waals surface area (Å²) in [4.78, 5) is 1.24. The molecule has 2 N–H and O–H groups in total. The number of hydrogen-bond acceptors (Lipinski definition) is 4. The van der Waals surface area contributed by atoms with Gasteiger partial charge in [0, 0.05) is 35.4 Å². The SMILES string of the molecule is CCSc1cc(N)cc2c1ccn2Cc1cn(C)nn1. The quantitative estimate of drug-likeness (QED) is 0.591. The Balaban J connectivity index is 2.04. The van der Waals surface area contributed by atoms with Gasteiger partial charge < -0.3 is 10.3 Å². The molecule has 0 amide bonds. The summed E-state index contributed by atoms with van der Waals surface area (Å²) in [6.07, 6.45) is 4.01. The van der Waals surface area contributed by atoms with E-state index in [1.54, 1.807) is 4.68 Å². The minimum absolute atomic E-state index is 0.705. The Morgan fingerprint density at radius 3 is 2.90 bits per heavy atom. The first-order chi connectivity index (χ1) is 9.67. The summed E-state index contributed by atoms with van der Waals surface area (Å²) in [5.41, 5.74) is 8.91. The molecule has 0 saturated carbocycles. The number of benzene rings is 1. The summed E-state index contributed by atoms with van der Waals surface area (Å²) in [6, 6.07) is 6.21. The van der Waals surface area contributed by atoms with Crippen molar-refractivity contribution in [2.45, 2.75) is 18.4 Å². The summed E-state index contributed by atoms with van der Waals surface area (Å²) < 4.78 is 3.88. The Morgan fingerprint density at radius 2 is 2.20 bits per heavy atom. The smallest absolute Gasteiger partial charge is 0.102 e. The highest BCUT2D eigenvalue weighted by atomic mass is 32.2. The second kappa shape index (κ2) is 5.20. The first-order valence-corrected chi connectivity index (χ1v) is 7.52. The number of aromatic nitrogens is 4. The van der Waals surface area contributed by atoms with E-state index >= 15 is 0 Å². The lowest BCUT2D eigenvalue weighted by molar-refractivity contribution is 0.711. The van der Waals surface area contributed by atoms with Crippen molar-refractivity contribution in [1.82, 2.24) is 19.6 Å². The number of nitrogen functional groups attached to an aromatic ring is 1. The van der Waals surface area contributed by atoms with Gasteiger partial charge in [-0.1, -0.05) is 12.1 Å². The average Bonchev–Trinajstić information content (AvgIpc) is 2.98. The molecule has 6 heteroatoms. The van der Waals surface area contributed by atoms with Gasteiger partial charge in [0.25, 0.3) is 0 Å². The lowest BCUT2D eigenvalue weighted by atomic mass is 10.2. The van der Waals surface area contributed by atoms with Gasteiger partial charge >= 0.3 is 0 Å². The standard InChI is InChI=1S/C14H17N5S/c1-3-20-14-7-10(15)6-13-12(14)4-5-19(13)9-11-8-18(2)17-16-11/h4-8H,3,9,15H2,1-2H3. The molecule has 3 aromatic rings. The monoisotopic (exact) mass is 287 g/mol. The van der Waals surface area contributed by atoms with Crippen molar-refractivity contribution < 1.29 is 0 Å². The van der Waals surface area contributed by atoms with Crippen LogP contribution < -0.4 is 5.73 Å². The van der Waals surface area contributed by atoms with Crippen molar-refractivity contribution >= 4 is 28.4 Å².